The van der Waals surface area contributed by atoms with Gasteiger partial charge in [-0.3, -0.25) is 0 Å². The Bertz CT molecular complexity index is 1100. The topological polar surface area (TPSA) is 0 Å². The van der Waals surface area contributed by atoms with Crippen molar-refractivity contribution in [2.24, 2.45) is 0 Å². The molecule has 0 aliphatic heterocycles. The maximum atomic E-state index is 2.35. The Balaban J connectivity index is 2.02. The molecule has 0 atom stereocenters. The van der Waals surface area contributed by atoms with Gasteiger partial charge in [-0.05, 0) is 22.1 Å². The summed E-state index contributed by atoms with van der Waals surface area (Å²) in [6, 6.07) is 20.3. The normalized spacial score (nSPS) is 15.0. The molecule has 0 N–H and O–H groups in total. The highest BCUT2D eigenvalue weighted by atomic mass is 32.1. The molecule has 0 saturated carbocycles. The predicted molar refractivity (Wildman–Crippen MR) is 105 cm³/mol. The Morgan fingerprint density at radius 1 is 0.783 bits per heavy atom. The first-order valence-corrected chi connectivity index (χ1v) is 8.96. The Kier molecular flexibility index (Phi) is 2.49. The Morgan fingerprint density at radius 3 is 2.43 bits per heavy atom. The van der Waals surface area contributed by atoms with E-state index in [2.05, 4.69) is 76.3 Å². The minimum atomic E-state index is 0.0886. The summed E-state index contributed by atoms with van der Waals surface area (Å²) >= 11 is 1.96. The molecule has 1 aliphatic carbocycles. The fraction of sp³-hybridized carbons (Fsp3) is 0.143. The lowest BCUT2D eigenvalue weighted by molar-refractivity contribution is 0.661. The summed E-state index contributed by atoms with van der Waals surface area (Å²) in [6.45, 7) is 4.70. The van der Waals surface area contributed by atoms with E-state index in [0.29, 0.717) is 0 Å². The first-order chi connectivity index (χ1) is 11.1. The number of fused-ring (bicyclic) bond motifs is 7. The van der Waals surface area contributed by atoms with Crippen LogP contribution >= 0.6 is 11.3 Å². The predicted octanol–water partition coefficient (Wildman–Crippen LogP) is 4.62. The second-order valence-corrected chi connectivity index (χ2v) is 8.11. The van der Waals surface area contributed by atoms with E-state index < -0.39 is 0 Å². The van der Waals surface area contributed by atoms with Crippen LogP contribution < -0.4 is 5.46 Å². The molecule has 0 unspecified atom stereocenters. The van der Waals surface area contributed by atoms with Gasteiger partial charge >= 0.3 is 0 Å². The summed E-state index contributed by atoms with van der Waals surface area (Å²) in [4.78, 5) is 0. The van der Waals surface area contributed by atoms with Crippen molar-refractivity contribution in [2.75, 3.05) is 0 Å². The summed E-state index contributed by atoms with van der Waals surface area (Å²) in [5.41, 5.74) is 7.27. The van der Waals surface area contributed by atoms with Crippen LogP contribution in [0.25, 0.3) is 31.3 Å². The van der Waals surface area contributed by atoms with E-state index >= 15 is 0 Å². The molecule has 0 nitrogen and oxygen atoms in total. The van der Waals surface area contributed by atoms with Gasteiger partial charge in [0.1, 0.15) is 7.85 Å². The summed E-state index contributed by atoms with van der Waals surface area (Å²) in [5, 5.41) is 2.80. The van der Waals surface area contributed by atoms with E-state index in [1.807, 2.05) is 11.3 Å². The Hall–Kier alpha value is -2.06. The smallest absolute Gasteiger partial charge is 0.135 e. The fourth-order valence-corrected chi connectivity index (χ4v) is 5.51. The van der Waals surface area contributed by atoms with Gasteiger partial charge in [-0.15, -0.1) is 11.3 Å². The van der Waals surface area contributed by atoms with Crippen molar-refractivity contribution in [3.8, 4) is 11.1 Å². The van der Waals surface area contributed by atoms with Crippen molar-refractivity contribution in [1.29, 1.82) is 0 Å². The van der Waals surface area contributed by atoms with Crippen molar-refractivity contribution >= 4 is 44.8 Å². The van der Waals surface area contributed by atoms with E-state index in [9.17, 15) is 0 Å². The number of benzene rings is 3. The zero-order valence-electron chi connectivity index (χ0n) is 13.6. The minimum absolute atomic E-state index is 0.0886. The molecule has 1 aliphatic rings. The van der Waals surface area contributed by atoms with Crippen molar-refractivity contribution in [2.45, 2.75) is 19.3 Å². The van der Waals surface area contributed by atoms with E-state index in [0.717, 1.165) is 0 Å². The first-order valence-electron chi connectivity index (χ1n) is 8.14. The van der Waals surface area contributed by atoms with Gasteiger partial charge in [0.05, 0.1) is 0 Å². The summed E-state index contributed by atoms with van der Waals surface area (Å²) in [6.07, 6.45) is 0. The lowest BCUT2D eigenvalue weighted by Gasteiger charge is -2.21. The molecule has 1 heterocycles. The van der Waals surface area contributed by atoms with Crippen LogP contribution in [0.3, 0.4) is 0 Å². The molecule has 4 aromatic rings. The number of thiophene rings is 1. The van der Waals surface area contributed by atoms with Crippen LogP contribution in [0.5, 0.6) is 0 Å². The average molecular weight is 312 g/mol. The summed E-state index contributed by atoms with van der Waals surface area (Å²) in [5.74, 6) is 0. The molecule has 0 saturated heterocycles. The Morgan fingerprint density at radius 2 is 1.57 bits per heavy atom. The third-order valence-corrected chi connectivity index (χ3v) is 6.78. The van der Waals surface area contributed by atoms with Gasteiger partial charge in [-0.1, -0.05) is 73.9 Å². The second kappa shape index (κ2) is 4.27. The second-order valence-electron chi connectivity index (χ2n) is 7.09. The van der Waals surface area contributed by atoms with Gasteiger partial charge in [0.2, 0.25) is 0 Å². The van der Waals surface area contributed by atoms with Crippen LogP contribution in [0, 0.1) is 0 Å². The van der Waals surface area contributed by atoms with Crippen LogP contribution in [0.1, 0.15) is 25.0 Å². The van der Waals surface area contributed by atoms with Crippen molar-refractivity contribution < 1.29 is 0 Å². The highest BCUT2D eigenvalue weighted by Gasteiger charge is 2.36. The van der Waals surface area contributed by atoms with Gasteiger partial charge in [-0.25, -0.2) is 0 Å². The van der Waals surface area contributed by atoms with E-state index in [4.69, 9.17) is 0 Å². The fourth-order valence-electron chi connectivity index (χ4n) is 4.18. The molecule has 0 amide bonds. The molecule has 0 fully saturated rings. The molecule has 5 rings (SSSR count). The molecular formula is C21H17BS. The van der Waals surface area contributed by atoms with Crippen LogP contribution in [-0.2, 0) is 5.41 Å². The average Bonchev–Trinajstić information content (AvgIpc) is 3.04. The van der Waals surface area contributed by atoms with Crippen LogP contribution in [-0.4, -0.2) is 7.85 Å². The van der Waals surface area contributed by atoms with Crippen molar-refractivity contribution in [3.63, 3.8) is 0 Å². The Labute approximate surface area is 141 Å². The standard InChI is InChI=1S/C21H17BS/c1-21(2)15-8-4-3-6-14(15)18-16(21)11-10-13-12-7-5-9-17(22)19(12)23-20(13)18/h3-11H,22H2,1-2H3. The SMILES string of the molecule is Bc1cccc2c1sc1c3c(ccc12)C(C)(C)c1ccccc1-3. The molecule has 3 aromatic carbocycles. The van der Waals surface area contributed by atoms with E-state index in [-0.39, 0.29) is 5.41 Å². The van der Waals surface area contributed by atoms with Gasteiger partial charge in [-0.2, -0.15) is 0 Å². The highest BCUT2D eigenvalue weighted by molar-refractivity contribution is 7.27. The van der Waals surface area contributed by atoms with Gasteiger partial charge in [0, 0.05) is 25.8 Å². The lowest BCUT2D eigenvalue weighted by atomic mass is 9.82. The summed E-state index contributed by atoms with van der Waals surface area (Å²) in [7, 11) is 2.22. The molecule has 23 heavy (non-hydrogen) atoms. The zero-order chi connectivity index (χ0) is 15.8. The van der Waals surface area contributed by atoms with Crippen molar-refractivity contribution in [3.05, 3.63) is 65.7 Å². The molecule has 110 valence electrons. The summed E-state index contributed by atoms with van der Waals surface area (Å²) < 4.78 is 2.88. The molecule has 1 aromatic heterocycles. The van der Waals surface area contributed by atoms with Gasteiger partial charge in [0.25, 0.3) is 0 Å². The number of rotatable bonds is 0. The third-order valence-electron chi connectivity index (χ3n) is 5.41. The monoisotopic (exact) mass is 312 g/mol. The maximum Gasteiger partial charge on any atom is 0.141 e. The lowest BCUT2D eigenvalue weighted by Crippen LogP contribution is -2.14. The van der Waals surface area contributed by atoms with Gasteiger partial charge in [0.15, 0.2) is 0 Å². The molecule has 0 radical (unpaired) electrons. The number of hydrogen-bond donors (Lipinski definition) is 0. The molecule has 0 bridgehead atoms. The first kappa shape index (κ1) is 13.4. The van der Waals surface area contributed by atoms with E-state index in [1.165, 1.54) is 47.9 Å². The molecule has 2 heteroatoms. The van der Waals surface area contributed by atoms with Crippen LogP contribution in [0.15, 0.2) is 54.6 Å². The van der Waals surface area contributed by atoms with Crippen molar-refractivity contribution in [1.82, 2.24) is 0 Å². The highest BCUT2D eigenvalue weighted by Crippen LogP contribution is 2.53. The molecule has 0 spiro atoms. The van der Waals surface area contributed by atoms with E-state index in [1.54, 1.807) is 0 Å². The largest absolute Gasteiger partial charge is 0.141 e. The van der Waals surface area contributed by atoms with Gasteiger partial charge < -0.3 is 0 Å². The maximum absolute atomic E-state index is 2.35. The number of hydrogen-bond acceptors (Lipinski definition) is 1. The van der Waals surface area contributed by atoms with Crippen LogP contribution in [0.4, 0.5) is 0 Å². The minimum Gasteiger partial charge on any atom is -0.135 e. The van der Waals surface area contributed by atoms with Crippen LogP contribution in [0.2, 0.25) is 0 Å². The third kappa shape index (κ3) is 1.57. The quantitative estimate of drug-likeness (QED) is 0.416. The molecular weight excluding hydrogens is 295 g/mol. The zero-order valence-corrected chi connectivity index (χ0v) is 14.4.